The number of nitrogens with one attached hydrogen (secondary N) is 1. The highest BCUT2D eigenvalue weighted by Gasteiger charge is 2.30. The van der Waals surface area contributed by atoms with E-state index in [0.717, 1.165) is 55.6 Å². The van der Waals surface area contributed by atoms with Gasteiger partial charge in [0.25, 0.3) is 10.0 Å². The highest BCUT2D eigenvalue weighted by atomic mass is 32.2. The summed E-state index contributed by atoms with van der Waals surface area (Å²) < 4.78 is 39.4. The third kappa shape index (κ3) is 4.31. The van der Waals surface area contributed by atoms with Gasteiger partial charge in [-0.1, -0.05) is 12.1 Å². The molecule has 7 nitrogen and oxygen atoms in total. The fourth-order valence-corrected chi connectivity index (χ4v) is 5.16. The first kappa shape index (κ1) is 21.1. The number of benzene rings is 1. The van der Waals surface area contributed by atoms with Gasteiger partial charge in [0.2, 0.25) is 5.88 Å². The third-order valence-corrected chi connectivity index (χ3v) is 7.56. The fraction of sp³-hybridized carbons (Fsp3) is 0.500. The lowest BCUT2D eigenvalue weighted by Gasteiger charge is -2.34. The molecule has 0 amide bonds. The highest BCUT2D eigenvalue weighted by molar-refractivity contribution is 7.92. The van der Waals surface area contributed by atoms with Crippen LogP contribution >= 0.6 is 0 Å². The Morgan fingerprint density at radius 3 is 2.47 bits per heavy atom. The van der Waals surface area contributed by atoms with Crippen molar-refractivity contribution >= 4 is 15.7 Å². The summed E-state index contributed by atoms with van der Waals surface area (Å²) in [7, 11) is 1.57. The van der Waals surface area contributed by atoms with Crippen molar-refractivity contribution in [2.45, 2.75) is 42.6 Å². The Bertz CT molecular complexity index is 1000. The maximum atomic E-state index is 13.0. The van der Waals surface area contributed by atoms with Gasteiger partial charge < -0.3 is 14.4 Å². The van der Waals surface area contributed by atoms with E-state index >= 15 is 0 Å². The van der Waals surface area contributed by atoms with Crippen LogP contribution in [-0.2, 0) is 27.6 Å². The van der Waals surface area contributed by atoms with Gasteiger partial charge in [-0.05, 0) is 61.6 Å². The summed E-state index contributed by atoms with van der Waals surface area (Å²) >= 11 is 0. The van der Waals surface area contributed by atoms with E-state index in [9.17, 15) is 8.42 Å². The van der Waals surface area contributed by atoms with Gasteiger partial charge in [-0.25, -0.2) is 13.4 Å². The zero-order chi connectivity index (χ0) is 21.3. The zero-order valence-electron chi connectivity index (χ0n) is 17.7. The lowest BCUT2D eigenvalue weighted by atomic mass is 9.77. The van der Waals surface area contributed by atoms with Crippen molar-refractivity contribution in [1.29, 1.82) is 0 Å². The van der Waals surface area contributed by atoms with E-state index in [4.69, 9.17) is 9.47 Å². The van der Waals surface area contributed by atoms with E-state index in [0.29, 0.717) is 23.6 Å². The van der Waals surface area contributed by atoms with E-state index in [1.165, 1.54) is 7.11 Å². The number of nitrogens with zero attached hydrogens (tertiary/aromatic N) is 2. The van der Waals surface area contributed by atoms with Crippen molar-refractivity contribution < 1.29 is 17.9 Å². The molecule has 4 rings (SSSR count). The van der Waals surface area contributed by atoms with Crippen molar-refractivity contribution in [2.24, 2.45) is 0 Å². The van der Waals surface area contributed by atoms with Gasteiger partial charge in [0.05, 0.1) is 18.1 Å². The second-order valence-electron chi connectivity index (χ2n) is 8.15. The molecule has 0 saturated heterocycles. The molecule has 0 spiro atoms. The lowest BCUT2D eigenvalue weighted by molar-refractivity contribution is 0.0257. The molecule has 1 aromatic heterocycles. The maximum absolute atomic E-state index is 13.0. The van der Waals surface area contributed by atoms with Crippen LogP contribution in [-0.4, -0.2) is 58.8 Å². The molecule has 1 aromatic carbocycles. The van der Waals surface area contributed by atoms with Crippen LogP contribution in [0.1, 0.15) is 35.6 Å². The minimum absolute atomic E-state index is 0.227. The number of aromatic nitrogens is 1. The Kier molecular flexibility index (Phi) is 5.99. The van der Waals surface area contributed by atoms with E-state index < -0.39 is 10.0 Å². The third-order valence-electron chi connectivity index (χ3n) is 6.18. The second-order valence-corrected chi connectivity index (χ2v) is 9.84. The van der Waals surface area contributed by atoms with Crippen molar-refractivity contribution in [3.8, 4) is 5.88 Å². The molecule has 1 saturated carbocycles. The molecule has 2 heterocycles. The summed E-state index contributed by atoms with van der Waals surface area (Å²) in [4.78, 5) is 7.06. The van der Waals surface area contributed by atoms with Crippen molar-refractivity contribution in [3.05, 3.63) is 47.2 Å². The topological polar surface area (TPSA) is 80.8 Å². The van der Waals surface area contributed by atoms with Crippen molar-refractivity contribution in [1.82, 2.24) is 9.88 Å². The van der Waals surface area contributed by atoms with Crippen LogP contribution in [0.15, 0.2) is 35.2 Å². The van der Waals surface area contributed by atoms with Crippen molar-refractivity contribution in [2.75, 3.05) is 39.1 Å². The summed E-state index contributed by atoms with van der Waals surface area (Å²) in [5.74, 6) is 0.741. The number of hydrogen-bond donors (Lipinski definition) is 1. The summed E-state index contributed by atoms with van der Waals surface area (Å²) in [6, 6.07) is 8.98. The quantitative estimate of drug-likeness (QED) is 0.758. The lowest BCUT2D eigenvalue weighted by Crippen LogP contribution is -2.28. The summed E-state index contributed by atoms with van der Waals surface area (Å²) in [6.07, 6.45) is 3.92. The monoisotopic (exact) mass is 431 g/mol. The Morgan fingerprint density at radius 2 is 1.80 bits per heavy atom. The molecule has 1 aliphatic heterocycles. The largest absolute Gasteiger partial charge is 0.479 e. The van der Waals surface area contributed by atoms with E-state index in [2.05, 4.69) is 21.7 Å². The Labute approximate surface area is 178 Å². The highest BCUT2D eigenvalue weighted by Crippen LogP contribution is 2.38. The van der Waals surface area contributed by atoms with Gasteiger partial charge in [0.1, 0.15) is 5.69 Å². The van der Waals surface area contributed by atoms with Gasteiger partial charge in [-0.2, -0.15) is 0 Å². The number of rotatable bonds is 6. The Balaban J connectivity index is 1.54. The molecule has 1 N–H and O–H groups in total. The smallest absolute Gasteiger partial charge is 0.262 e. The average molecular weight is 432 g/mol. The first-order valence-electron chi connectivity index (χ1n) is 10.3. The number of methoxy groups -OCH3 is 2. The average Bonchev–Trinajstić information content (AvgIpc) is 2.88. The fourth-order valence-electron chi connectivity index (χ4n) is 4.11. The van der Waals surface area contributed by atoms with Gasteiger partial charge in [0.15, 0.2) is 0 Å². The first-order chi connectivity index (χ1) is 14.4. The molecule has 2 aromatic rings. The number of pyridine rings is 1. The molecule has 0 bridgehead atoms. The predicted octanol–water partition coefficient (Wildman–Crippen LogP) is 2.81. The van der Waals surface area contributed by atoms with Crippen LogP contribution in [0.4, 0.5) is 5.69 Å². The number of hydrogen-bond acceptors (Lipinski definition) is 6. The minimum Gasteiger partial charge on any atom is -0.479 e. The minimum atomic E-state index is -3.74. The number of fused-ring (bicyclic) bond motifs is 1. The van der Waals surface area contributed by atoms with Crippen LogP contribution in [0.5, 0.6) is 5.88 Å². The summed E-state index contributed by atoms with van der Waals surface area (Å²) in [5.41, 5.74) is 3.56. The molecule has 1 aliphatic carbocycles. The van der Waals surface area contributed by atoms with Gasteiger partial charge >= 0.3 is 0 Å². The van der Waals surface area contributed by atoms with Crippen LogP contribution in [0.2, 0.25) is 0 Å². The van der Waals surface area contributed by atoms with Gasteiger partial charge in [-0.15, -0.1) is 0 Å². The maximum Gasteiger partial charge on any atom is 0.262 e. The molecule has 30 heavy (non-hydrogen) atoms. The zero-order valence-corrected chi connectivity index (χ0v) is 18.5. The Morgan fingerprint density at radius 1 is 1.10 bits per heavy atom. The van der Waals surface area contributed by atoms with Crippen molar-refractivity contribution in [3.63, 3.8) is 0 Å². The molecule has 8 heteroatoms. The molecule has 0 radical (unpaired) electrons. The van der Waals surface area contributed by atoms with E-state index in [1.54, 1.807) is 19.2 Å². The predicted molar refractivity (Wildman–Crippen MR) is 116 cm³/mol. The number of likely N-dealkylation sites (N-methyl/N-ethyl adjacent to an activating group) is 1. The van der Waals surface area contributed by atoms with Gasteiger partial charge in [0, 0.05) is 32.3 Å². The van der Waals surface area contributed by atoms with E-state index in [-0.39, 0.29) is 4.90 Å². The van der Waals surface area contributed by atoms with Crippen LogP contribution in [0.3, 0.4) is 0 Å². The van der Waals surface area contributed by atoms with Crippen LogP contribution in [0.25, 0.3) is 0 Å². The van der Waals surface area contributed by atoms with E-state index in [1.807, 2.05) is 18.2 Å². The van der Waals surface area contributed by atoms with Crippen LogP contribution < -0.4 is 9.46 Å². The second kappa shape index (κ2) is 8.53. The standard InChI is InChI=1S/C22H29N3O4S/c1-25-10-8-16-14-21(22(29-3)23-20(16)9-11-25)24-30(26,27)19-6-4-15(5-7-19)17-12-18(13-17)28-2/h4-7,14,17-18,24H,8-13H2,1-3H3. The molecular formula is C22H29N3O4S. The van der Waals surface area contributed by atoms with Crippen LogP contribution in [0, 0.1) is 0 Å². The number of anilines is 1. The number of sulfonamides is 1. The molecular weight excluding hydrogens is 402 g/mol. The SMILES string of the molecule is COc1nc2c(cc1NS(=O)(=O)c1ccc(C3CC(OC)C3)cc1)CCN(C)CC2. The Hall–Kier alpha value is -2.16. The summed E-state index contributed by atoms with van der Waals surface area (Å²) in [5, 5.41) is 0. The first-order valence-corrected chi connectivity index (χ1v) is 11.8. The molecule has 1 fully saturated rings. The molecule has 0 atom stereocenters. The summed E-state index contributed by atoms with van der Waals surface area (Å²) in [6.45, 7) is 1.84. The molecule has 0 unspecified atom stereocenters. The molecule has 162 valence electrons. The molecule has 2 aliphatic rings. The number of ether oxygens (including phenoxy) is 2. The van der Waals surface area contributed by atoms with Gasteiger partial charge in [-0.3, -0.25) is 4.72 Å². The normalized spacial score (nSPS) is 22.0.